The van der Waals surface area contributed by atoms with Crippen LogP contribution in [0.15, 0.2) is 48.7 Å². The fraction of sp³-hybridized carbons (Fsp3) is 0.333. The lowest BCUT2D eigenvalue weighted by Crippen LogP contribution is -2.35. The standard InChI is InChI=1S/C21H24ClN3/c22-20-11-16(14-25-9-6-15(13-23)7-10-25)1-3-19(20)17-2-4-21-18(12-17)5-8-24-21/h1-5,8,11-12,15,24H,6-7,9-10,13-14,23H2. The Morgan fingerprint density at radius 1 is 1.08 bits per heavy atom. The fourth-order valence-corrected chi connectivity index (χ4v) is 4.06. The van der Waals surface area contributed by atoms with Crippen LogP contribution in [0.1, 0.15) is 18.4 Å². The topological polar surface area (TPSA) is 45.0 Å². The molecule has 0 unspecified atom stereocenters. The van der Waals surface area contributed by atoms with Crippen molar-refractivity contribution in [1.29, 1.82) is 0 Å². The minimum Gasteiger partial charge on any atom is -0.361 e. The van der Waals surface area contributed by atoms with Gasteiger partial charge >= 0.3 is 0 Å². The van der Waals surface area contributed by atoms with Gasteiger partial charge in [-0.25, -0.2) is 0 Å². The Bertz CT molecular complexity index is 862. The van der Waals surface area contributed by atoms with Crippen molar-refractivity contribution in [3.63, 3.8) is 0 Å². The first-order chi connectivity index (χ1) is 12.2. The van der Waals surface area contributed by atoms with E-state index in [9.17, 15) is 0 Å². The highest BCUT2D eigenvalue weighted by Crippen LogP contribution is 2.31. The quantitative estimate of drug-likeness (QED) is 0.716. The molecule has 1 fully saturated rings. The highest BCUT2D eigenvalue weighted by atomic mass is 35.5. The van der Waals surface area contributed by atoms with Gasteiger partial charge in [-0.05, 0) is 79.2 Å². The number of H-pyrrole nitrogens is 1. The van der Waals surface area contributed by atoms with E-state index in [-0.39, 0.29) is 0 Å². The number of nitrogens with zero attached hydrogens (tertiary/aromatic N) is 1. The van der Waals surface area contributed by atoms with E-state index in [1.807, 2.05) is 6.20 Å². The number of hydrogen-bond acceptors (Lipinski definition) is 2. The number of aromatic nitrogens is 1. The third kappa shape index (κ3) is 3.59. The molecule has 1 aliphatic rings. The Morgan fingerprint density at radius 2 is 1.92 bits per heavy atom. The molecule has 4 rings (SSSR count). The van der Waals surface area contributed by atoms with Crippen molar-refractivity contribution >= 4 is 22.5 Å². The van der Waals surface area contributed by atoms with Crippen molar-refractivity contribution in [1.82, 2.24) is 9.88 Å². The van der Waals surface area contributed by atoms with Crippen LogP contribution < -0.4 is 5.73 Å². The van der Waals surface area contributed by atoms with Crippen molar-refractivity contribution in [3.8, 4) is 11.1 Å². The summed E-state index contributed by atoms with van der Waals surface area (Å²) in [5.74, 6) is 0.700. The molecule has 130 valence electrons. The second-order valence-electron chi connectivity index (χ2n) is 7.05. The summed E-state index contributed by atoms with van der Waals surface area (Å²) >= 11 is 6.61. The van der Waals surface area contributed by atoms with Crippen LogP contribution in [0.2, 0.25) is 5.02 Å². The van der Waals surface area contributed by atoms with Crippen LogP contribution in [0, 0.1) is 5.92 Å². The Labute approximate surface area is 153 Å². The SMILES string of the molecule is NCC1CCN(Cc2ccc(-c3ccc4[nH]ccc4c3)c(Cl)c2)CC1. The molecule has 1 saturated heterocycles. The molecule has 0 saturated carbocycles. The van der Waals surface area contributed by atoms with Gasteiger partial charge in [-0.15, -0.1) is 0 Å². The molecule has 3 aromatic rings. The number of nitrogens with one attached hydrogen (secondary N) is 1. The monoisotopic (exact) mass is 353 g/mol. The summed E-state index contributed by atoms with van der Waals surface area (Å²) in [6, 6.07) is 15.0. The number of fused-ring (bicyclic) bond motifs is 1. The third-order valence-electron chi connectivity index (χ3n) is 5.34. The smallest absolute Gasteiger partial charge is 0.0487 e. The van der Waals surface area contributed by atoms with Gasteiger partial charge in [-0.3, -0.25) is 4.90 Å². The van der Waals surface area contributed by atoms with Crippen LogP contribution in [0.3, 0.4) is 0 Å². The van der Waals surface area contributed by atoms with Crippen LogP contribution in [0.25, 0.3) is 22.0 Å². The number of likely N-dealkylation sites (tertiary alicyclic amines) is 1. The molecule has 0 amide bonds. The first kappa shape index (κ1) is 16.6. The van der Waals surface area contributed by atoms with Gasteiger partial charge in [0.05, 0.1) is 0 Å². The molecule has 0 bridgehead atoms. The van der Waals surface area contributed by atoms with Crippen molar-refractivity contribution in [2.24, 2.45) is 11.7 Å². The Balaban J connectivity index is 1.50. The average Bonchev–Trinajstić information content (AvgIpc) is 3.10. The summed E-state index contributed by atoms with van der Waals surface area (Å²) < 4.78 is 0. The Hall–Kier alpha value is -1.81. The molecule has 3 N–H and O–H groups in total. The summed E-state index contributed by atoms with van der Waals surface area (Å²) in [7, 11) is 0. The summed E-state index contributed by atoms with van der Waals surface area (Å²) in [4.78, 5) is 5.73. The summed E-state index contributed by atoms with van der Waals surface area (Å²) in [6.45, 7) is 4.05. The molecule has 25 heavy (non-hydrogen) atoms. The van der Waals surface area contributed by atoms with Gasteiger partial charge in [0.15, 0.2) is 0 Å². The molecule has 3 nitrogen and oxygen atoms in total. The first-order valence-electron chi connectivity index (χ1n) is 9.01. The van der Waals surface area contributed by atoms with Gasteiger partial charge in [0.25, 0.3) is 0 Å². The Kier molecular flexibility index (Phi) is 4.80. The number of piperidine rings is 1. The maximum Gasteiger partial charge on any atom is 0.0487 e. The number of hydrogen-bond donors (Lipinski definition) is 2. The van der Waals surface area contributed by atoms with Crippen LogP contribution in [0.4, 0.5) is 0 Å². The minimum atomic E-state index is 0.700. The van der Waals surface area contributed by atoms with E-state index in [1.165, 1.54) is 23.8 Å². The summed E-state index contributed by atoms with van der Waals surface area (Å²) in [6.07, 6.45) is 4.38. The molecule has 2 heterocycles. The van der Waals surface area contributed by atoms with E-state index in [0.29, 0.717) is 5.92 Å². The third-order valence-corrected chi connectivity index (χ3v) is 5.66. The molecule has 0 spiro atoms. The lowest BCUT2D eigenvalue weighted by molar-refractivity contribution is 0.180. The maximum absolute atomic E-state index is 6.61. The predicted molar refractivity (Wildman–Crippen MR) is 106 cm³/mol. The highest BCUT2D eigenvalue weighted by molar-refractivity contribution is 6.33. The zero-order chi connectivity index (χ0) is 17.2. The minimum absolute atomic E-state index is 0.700. The van der Waals surface area contributed by atoms with E-state index >= 15 is 0 Å². The second kappa shape index (κ2) is 7.20. The van der Waals surface area contributed by atoms with Crippen LogP contribution >= 0.6 is 11.6 Å². The molecule has 0 aliphatic carbocycles. The predicted octanol–water partition coefficient (Wildman–Crippen LogP) is 4.66. The highest BCUT2D eigenvalue weighted by Gasteiger charge is 2.18. The lowest BCUT2D eigenvalue weighted by atomic mass is 9.96. The molecule has 1 aliphatic heterocycles. The largest absolute Gasteiger partial charge is 0.361 e. The molecule has 0 atom stereocenters. The molecular weight excluding hydrogens is 330 g/mol. The number of benzene rings is 2. The van der Waals surface area contributed by atoms with Crippen LogP contribution in [0.5, 0.6) is 0 Å². The second-order valence-corrected chi connectivity index (χ2v) is 7.46. The van der Waals surface area contributed by atoms with Gasteiger partial charge in [-0.1, -0.05) is 29.8 Å². The van der Waals surface area contributed by atoms with Gasteiger partial charge in [0.1, 0.15) is 0 Å². The van der Waals surface area contributed by atoms with E-state index in [0.717, 1.165) is 47.8 Å². The maximum atomic E-state index is 6.61. The summed E-state index contributed by atoms with van der Waals surface area (Å²) in [5.41, 5.74) is 10.5. The van der Waals surface area contributed by atoms with E-state index in [1.54, 1.807) is 0 Å². The zero-order valence-corrected chi connectivity index (χ0v) is 15.1. The average molecular weight is 354 g/mol. The van der Waals surface area contributed by atoms with Crippen molar-refractivity contribution < 1.29 is 0 Å². The van der Waals surface area contributed by atoms with Crippen molar-refractivity contribution in [3.05, 3.63) is 59.2 Å². The lowest BCUT2D eigenvalue weighted by Gasteiger charge is -2.31. The van der Waals surface area contributed by atoms with Crippen LogP contribution in [-0.2, 0) is 6.54 Å². The fourth-order valence-electron chi connectivity index (χ4n) is 3.75. The van der Waals surface area contributed by atoms with Gasteiger partial charge in [0, 0.05) is 28.8 Å². The van der Waals surface area contributed by atoms with E-state index in [2.05, 4.69) is 52.3 Å². The number of rotatable bonds is 4. The first-order valence-corrected chi connectivity index (χ1v) is 9.39. The molecule has 0 radical (unpaired) electrons. The molecular formula is C21H24ClN3. The molecule has 2 aromatic carbocycles. The number of halogens is 1. The zero-order valence-electron chi connectivity index (χ0n) is 14.3. The van der Waals surface area contributed by atoms with Crippen molar-refractivity contribution in [2.75, 3.05) is 19.6 Å². The van der Waals surface area contributed by atoms with Gasteiger partial charge < -0.3 is 10.7 Å². The normalized spacial score (nSPS) is 16.6. The van der Waals surface area contributed by atoms with Gasteiger partial charge in [-0.2, -0.15) is 0 Å². The van der Waals surface area contributed by atoms with Gasteiger partial charge in [0.2, 0.25) is 0 Å². The van der Waals surface area contributed by atoms with E-state index < -0.39 is 0 Å². The molecule has 1 aromatic heterocycles. The Morgan fingerprint density at radius 3 is 2.68 bits per heavy atom. The molecule has 4 heteroatoms. The van der Waals surface area contributed by atoms with E-state index in [4.69, 9.17) is 17.3 Å². The van der Waals surface area contributed by atoms with Crippen LogP contribution in [-0.4, -0.2) is 29.5 Å². The number of nitrogens with two attached hydrogens (primary N) is 1. The summed E-state index contributed by atoms with van der Waals surface area (Å²) in [5, 5.41) is 2.03. The van der Waals surface area contributed by atoms with Crippen molar-refractivity contribution in [2.45, 2.75) is 19.4 Å². The number of aromatic amines is 1.